The third kappa shape index (κ3) is 8.13. The number of ketones is 1. The summed E-state index contributed by atoms with van der Waals surface area (Å²) >= 11 is 6.55. The van der Waals surface area contributed by atoms with Crippen LogP contribution in [0.5, 0.6) is 0 Å². The zero-order valence-corrected chi connectivity index (χ0v) is 31.6. The molecule has 1 aliphatic heterocycles. The molecular weight excluding hydrogens is 949 g/mol. The van der Waals surface area contributed by atoms with Gasteiger partial charge < -0.3 is 29.4 Å². The zero-order chi connectivity index (χ0) is 34.7. The van der Waals surface area contributed by atoms with E-state index in [0.29, 0.717) is 12.0 Å². The SMILES string of the molecule is CCc1c(I)cc(I)c(-c2ccc(C(=O)C3(OC(C)=O)O[C@H](COC(C)=O)[C@@H](OC(C)=O)[C@H](OC(C)=O)[C@H]3N)c([N+](=O)[O-])c2)c1I. The number of halogens is 3. The second-order valence-electron chi connectivity index (χ2n) is 10.1. The maximum Gasteiger partial charge on any atom is 0.305 e. The Morgan fingerprint density at radius 2 is 1.54 bits per heavy atom. The second kappa shape index (κ2) is 15.6. The van der Waals surface area contributed by atoms with Gasteiger partial charge in [-0.1, -0.05) is 13.0 Å². The van der Waals surface area contributed by atoms with E-state index in [9.17, 15) is 34.1 Å². The number of hydrogen-bond donors (Lipinski definition) is 1. The molecule has 2 aromatic carbocycles. The lowest BCUT2D eigenvalue weighted by atomic mass is 9.85. The van der Waals surface area contributed by atoms with E-state index >= 15 is 0 Å². The normalized spacial score (nSPS) is 22.4. The van der Waals surface area contributed by atoms with Gasteiger partial charge in [-0.2, -0.15) is 0 Å². The van der Waals surface area contributed by atoms with Gasteiger partial charge in [0.05, 0.1) is 4.92 Å². The third-order valence-electron chi connectivity index (χ3n) is 6.82. The van der Waals surface area contributed by atoms with E-state index in [-0.39, 0.29) is 0 Å². The Morgan fingerprint density at radius 3 is 2.07 bits per heavy atom. The van der Waals surface area contributed by atoms with Gasteiger partial charge in [0.1, 0.15) is 24.3 Å². The number of carbonyl (C=O) groups excluding carboxylic acids is 5. The fraction of sp³-hybridized carbons (Fsp3) is 0.414. The first-order chi connectivity index (χ1) is 21.4. The number of benzene rings is 2. The number of Topliss-reactive ketones (excluding diaryl/α,β-unsaturated/α-hetero) is 1. The van der Waals surface area contributed by atoms with Crippen LogP contribution in [0.1, 0.15) is 50.5 Å². The number of nitro benzene ring substituents is 1. The summed E-state index contributed by atoms with van der Waals surface area (Å²) in [5, 5.41) is 12.5. The number of esters is 4. The van der Waals surface area contributed by atoms with Gasteiger partial charge in [-0.25, -0.2) is 0 Å². The number of nitrogens with zero attached hydrogens (tertiary/aromatic N) is 1. The number of rotatable bonds is 10. The van der Waals surface area contributed by atoms with Crippen LogP contribution in [0.25, 0.3) is 11.1 Å². The van der Waals surface area contributed by atoms with E-state index in [1.807, 2.05) is 13.0 Å². The van der Waals surface area contributed by atoms with Crippen LogP contribution in [-0.2, 0) is 49.3 Å². The molecule has 14 nitrogen and oxygen atoms in total. The molecule has 0 spiro atoms. The molecule has 0 bridgehead atoms. The van der Waals surface area contributed by atoms with Crippen molar-refractivity contribution < 1.29 is 52.6 Å². The summed E-state index contributed by atoms with van der Waals surface area (Å²) in [7, 11) is 0. The van der Waals surface area contributed by atoms with Crippen molar-refractivity contribution in [2.45, 2.75) is 71.2 Å². The number of hydrogen-bond acceptors (Lipinski definition) is 13. The molecule has 1 saturated heterocycles. The average molecular weight is 978 g/mol. The monoisotopic (exact) mass is 978 g/mol. The summed E-state index contributed by atoms with van der Waals surface area (Å²) in [6.45, 7) is 5.40. The Kier molecular flexibility index (Phi) is 12.9. The highest BCUT2D eigenvalue weighted by Crippen LogP contribution is 2.41. The summed E-state index contributed by atoms with van der Waals surface area (Å²) in [5.41, 5.74) is 7.45. The summed E-state index contributed by atoms with van der Waals surface area (Å²) in [6.07, 6.45) is -4.10. The molecule has 0 saturated carbocycles. The van der Waals surface area contributed by atoms with Crippen molar-refractivity contribution in [3.8, 4) is 11.1 Å². The molecule has 1 unspecified atom stereocenters. The quantitative estimate of drug-likeness (QED) is 0.0887. The lowest BCUT2D eigenvalue weighted by molar-refractivity contribution is -0.385. The van der Waals surface area contributed by atoms with E-state index in [4.69, 9.17) is 29.4 Å². The van der Waals surface area contributed by atoms with Gasteiger partial charge >= 0.3 is 23.9 Å². The minimum atomic E-state index is -2.86. The molecule has 248 valence electrons. The van der Waals surface area contributed by atoms with Crippen LogP contribution in [0.3, 0.4) is 0 Å². The van der Waals surface area contributed by atoms with E-state index in [1.165, 1.54) is 18.2 Å². The highest BCUT2D eigenvalue weighted by atomic mass is 127. The van der Waals surface area contributed by atoms with Crippen molar-refractivity contribution in [3.05, 3.63) is 56.2 Å². The van der Waals surface area contributed by atoms with Gasteiger partial charge in [0.15, 0.2) is 12.2 Å². The number of ether oxygens (including phenoxy) is 5. The zero-order valence-electron chi connectivity index (χ0n) is 25.1. The molecule has 5 atom stereocenters. The summed E-state index contributed by atoms with van der Waals surface area (Å²) in [6, 6.07) is 3.98. The average Bonchev–Trinajstić information content (AvgIpc) is 2.94. The van der Waals surface area contributed by atoms with E-state index < -0.39 is 82.6 Å². The maximum atomic E-state index is 14.4. The predicted octanol–water partition coefficient (Wildman–Crippen LogP) is 4.23. The largest absolute Gasteiger partial charge is 0.463 e. The first-order valence-electron chi connectivity index (χ1n) is 13.6. The van der Waals surface area contributed by atoms with Crippen LogP contribution >= 0.6 is 67.8 Å². The predicted molar refractivity (Wildman–Crippen MR) is 185 cm³/mol. The first kappa shape index (κ1) is 38.0. The van der Waals surface area contributed by atoms with Gasteiger partial charge in [-0.3, -0.25) is 34.1 Å². The fourth-order valence-electron chi connectivity index (χ4n) is 4.99. The fourth-order valence-corrected chi connectivity index (χ4v) is 9.75. The number of nitro groups is 1. The maximum absolute atomic E-state index is 14.4. The van der Waals surface area contributed by atoms with Gasteiger partial charge in [0.2, 0.25) is 5.78 Å². The molecule has 46 heavy (non-hydrogen) atoms. The Bertz CT molecular complexity index is 1600. The van der Waals surface area contributed by atoms with Crippen LogP contribution in [0.15, 0.2) is 24.3 Å². The molecule has 0 amide bonds. The lowest BCUT2D eigenvalue weighted by Gasteiger charge is -2.48. The summed E-state index contributed by atoms with van der Waals surface area (Å²) in [5.74, 6) is -7.78. The molecule has 2 aromatic rings. The summed E-state index contributed by atoms with van der Waals surface area (Å²) in [4.78, 5) is 74.4. The molecule has 1 aliphatic rings. The molecule has 0 radical (unpaired) electrons. The van der Waals surface area contributed by atoms with Crippen molar-refractivity contribution in [1.82, 2.24) is 0 Å². The second-order valence-corrected chi connectivity index (χ2v) is 13.5. The Balaban J connectivity index is 2.28. The van der Waals surface area contributed by atoms with Crippen LogP contribution in [0.4, 0.5) is 5.69 Å². The Morgan fingerprint density at radius 1 is 0.935 bits per heavy atom. The van der Waals surface area contributed by atoms with Crippen LogP contribution in [-0.4, -0.2) is 71.3 Å². The van der Waals surface area contributed by atoms with Gasteiger partial charge in [0, 0.05) is 50.0 Å². The van der Waals surface area contributed by atoms with Crippen molar-refractivity contribution in [2.75, 3.05) is 6.61 Å². The molecule has 1 fully saturated rings. The third-order valence-corrected chi connectivity index (χ3v) is 9.83. The highest BCUT2D eigenvalue weighted by molar-refractivity contribution is 14.1. The minimum absolute atomic E-state index is 0.444. The molecule has 17 heteroatoms. The summed E-state index contributed by atoms with van der Waals surface area (Å²) < 4.78 is 29.8. The van der Waals surface area contributed by atoms with Gasteiger partial charge in [0.25, 0.3) is 11.5 Å². The van der Waals surface area contributed by atoms with Gasteiger partial charge in [-0.15, -0.1) is 0 Å². The van der Waals surface area contributed by atoms with Crippen molar-refractivity contribution >= 4 is 103 Å². The number of carbonyl (C=O) groups is 5. The van der Waals surface area contributed by atoms with Crippen LogP contribution in [0, 0.1) is 20.8 Å². The van der Waals surface area contributed by atoms with E-state index in [2.05, 4.69) is 67.8 Å². The minimum Gasteiger partial charge on any atom is -0.463 e. The lowest BCUT2D eigenvalue weighted by Crippen LogP contribution is -2.73. The van der Waals surface area contributed by atoms with E-state index in [0.717, 1.165) is 49.5 Å². The molecule has 1 heterocycles. The Hall–Kier alpha value is -2.50. The topological polar surface area (TPSA) is 201 Å². The van der Waals surface area contributed by atoms with Crippen LogP contribution < -0.4 is 5.73 Å². The Labute approximate surface area is 304 Å². The number of nitrogens with two attached hydrogens (primary N) is 1. The van der Waals surface area contributed by atoms with Crippen molar-refractivity contribution in [1.29, 1.82) is 0 Å². The standard InChI is InChI=1S/C29H29I3N2O12/c1-6-17-19(30)10-20(31)23(24(17)32)16-7-8-18(21(9-16)34(40)41)28(39)29(45-15(5)38)27(33)26(44-14(4)37)25(43-13(3)36)22(46-29)11-42-12(2)35/h7-10,22,25-27H,6,11,33H2,1-5H3/t22-,25-,26+,27-,29?/m1/s1. The molecular formula is C29H29I3N2O12. The van der Waals surface area contributed by atoms with Gasteiger partial charge in [-0.05, 0) is 97.5 Å². The molecule has 0 aromatic heterocycles. The van der Waals surface area contributed by atoms with Crippen LogP contribution in [0.2, 0.25) is 0 Å². The van der Waals surface area contributed by atoms with Crippen molar-refractivity contribution in [2.24, 2.45) is 5.73 Å². The van der Waals surface area contributed by atoms with Crippen molar-refractivity contribution in [3.63, 3.8) is 0 Å². The molecule has 0 aliphatic carbocycles. The van der Waals surface area contributed by atoms with E-state index in [1.54, 1.807) is 0 Å². The smallest absolute Gasteiger partial charge is 0.305 e. The molecule has 2 N–H and O–H groups in total. The molecule has 3 rings (SSSR count). The first-order valence-corrected chi connectivity index (χ1v) is 16.8. The highest BCUT2D eigenvalue weighted by Gasteiger charge is 2.63.